The van der Waals surface area contributed by atoms with Gasteiger partial charge in [0.1, 0.15) is 16.0 Å². The highest BCUT2D eigenvalue weighted by Gasteiger charge is 2.13. The largest absolute Gasteiger partial charge is 0.495 e. The number of aromatic nitrogens is 2. The molecule has 0 saturated heterocycles. The third-order valence-electron chi connectivity index (χ3n) is 2.49. The third kappa shape index (κ3) is 2.12. The van der Waals surface area contributed by atoms with Gasteiger partial charge in [0, 0.05) is 12.6 Å². The standard InChI is InChI=1S/C11H11BrClN3O/c1-16-10(12)9(15-11(16)14)6-3-4-8(17-2)7(13)5-6/h3-5H,1-2H3,(H2,14,15). The summed E-state index contributed by atoms with van der Waals surface area (Å²) in [5.41, 5.74) is 7.38. The van der Waals surface area contributed by atoms with E-state index in [1.54, 1.807) is 23.8 Å². The summed E-state index contributed by atoms with van der Waals surface area (Å²) in [5.74, 6) is 1.08. The van der Waals surface area contributed by atoms with Gasteiger partial charge in [-0.25, -0.2) is 4.98 Å². The second-order valence-corrected chi connectivity index (χ2v) is 4.68. The molecule has 0 aliphatic heterocycles. The Morgan fingerprint density at radius 3 is 2.65 bits per heavy atom. The fourth-order valence-electron chi connectivity index (χ4n) is 1.49. The van der Waals surface area contributed by atoms with Crippen molar-refractivity contribution < 1.29 is 4.74 Å². The monoisotopic (exact) mass is 315 g/mol. The number of rotatable bonds is 2. The van der Waals surface area contributed by atoms with Crippen molar-refractivity contribution in [2.24, 2.45) is 7.05 Å². The normalized spacial score (nSPS) is 10.6. The lowest BCUT2D eigenvalue weighted by molar-refractivity contribution is 0.415. The highest BCUT2D eigenvalue weighted by molar-refractivity contribution is 9.10. The summed E-state index contributed by atoms with van der Waals surface area (Å²) in [5, 5.41) is 0.543. The first-order valence-electron chi connectivity index (χ1n) is 4.86. The van der Waals surface area contributed by atoms with E-state index in [-0.39, 0.29) is 0 Å². The second kappa shape index (κ2) is 4.58. The van der Waals surface area contributed by atoms with Gasteiger partial charge in [0.25, 0.3) is 0 Å². The van der Waals surface area contributed by atoms with Crippen LogP contribution in [0.2, 0.25) is 5.02 Å². The van der Waals surface area contributed by atoms with Crippen molar-refractivity contribution in [3.05, 3.63) is 27.8 Å². The van der Waals surface area contributed by atoms with E-state index < -0.39 is 0 Å². The second-order valence-electron chi connectivity index (χ2n) is 3.52. The predicted octanol–water partition coefficient (Wildman–Crippen LogP) is 3.09. The van der Waals surface area contributed by atoms with E-state index in [0.29, 0.717) is 16.7 Å². The Labute approximate surface area is 112 Å². The molecule has 6 heteroatoms. The lowest BCUT2D eigenvalue weighted by atomic mass is 10.1. The minimum atomic E-state index is 0.443. The Balaban J connectivity index is 2.53. The van der Waals surface area contributed by atoms with Crippen molar-refractivity contribution in [2.45, 2.75) is 0 Å². The number of nitrogen functional groups attached to an aromatic ring is 1. The number of nitrogens with zero attached hydrogens (tertiary/aromatic N) is 2. The SMILES string of the molecule is COc1ccc(-c2nc(N)n(C)c2Br)cc1Cl. The van der Waals surface area contributed by atoms with E-state index in [1.807, 2.05) is 13.1 Å². The molecular weight excluding hydrogens is 305 g/mol. The Morgan fingerprint density at radius 2 is 2.18 bits per heavy atom. The van der Waals surface area contributed by atoms with Gasteiger partial charge in [-0.15, -0.1) is 0 Å². The average Bonchev–Trinajstić information content (AvgIpc) is 2.57. The van der Waals surface area contributed by atoms with Gasteiger partial charge in [0.15, 0.2) is 0 Å². The van der Waals surface area contributed by atoms with Crippen LogP contribution in [-0.2, 0) is 7.05 Å². The Morgan fingerprint density at radius 1 is 1.47 bits per heavy atom. The predicted molar refractivity (Wildman–Crippen MR) is 72.3 cm³/mol. The molecule has 17 heavy (non-hydrogen) atoms. The fraction of sp³-hybridized carbons (Fsp3) is 0.182. The van der Waals surface area contributed by atoms with E-state index in [2.05, 4.69) is 20.9 Å². The molecule has 0 aliphatic rings. The molecule has 1 heterocycles. The molecule has 0 saturated carbocycles. The number of nitrogens with two attached hydrogens (primary N) is 1. The molecule has 2 N–H and O–H groups in total. The zero-order valence-electron chi connectivity index (χ0n) is 9.37. The van der Waals surface area contributed by atoms with Crippen molar-refractivity contribution in [3.63, 3.8) is 0 Å². The molecule has 0 fully saturated rings. The molecule has 0 radical (unpaired) electrons. The van der Waals surface area contributed by atoms with E-state index in [1.165, 1.54) is 0 Å². The maximum atomic E-state index is 6.07. The van der Waals surface area contributed by atoms with Crippen LogP contribution in [-0.4, -0.2) is 16.7 Å². The number of hydrogen-bond donors (Lipinski definition) is 1. The molecule has 0 amide bonds. The number of halogens is 2. The van der Waals surface area contributed by atoms with Crippen LogP contribution in [0.1, 0.15) is 0 Å². The topological polar surface area (TPSA) is 53.1 Å². The van der Waals surface area contributed by atoms with Gasteiger partial charge >= 0.3 is 0 Å². The number of anilines is 1. The van der Waals surface area contributed by atoms with Gasteiger partial charge in [0.2, 0.25) is 5.95 Å². The van der Waals surface area contributed by atoms with Gasteiger partial charge in [0.05, 0.1) is 12.1 Å². The number of ether oxygens (including phenoxy) is 1. The highest BCUT2D eigenvalue weighted by atomic mass is 79.9. The number of benzene rings is 1. The zero-order chi connectivity index (χ0) is 12.6. The molecule has 2 aromatic rings. The Kier molecular flexibility index (Phi) is 3.31. The summed E-state index contributed by atoms with van der Waals surface area (Å²) in [6.07, 6.45) is 0. The van der Waals surface area contributed by atoms with Gasteiger partial charge in [-0.1, -0.05) is 11.6 Å². The van der Waals surface area contributed by atoms with E-state index in [0.717, 1.165) is 15.9 Å². The number of methoxy groups -OCH3 is 1. The number of hydrogen-bond acceptors (Lipinski definition) is 3. The lowest BCUT2D eigenvalue weighted by Crippen LogP contribution is -1.96. The molecule has 2 rings (SSSR count). The van der Waals surface area contributed by atoms with Crippen LogP contribution in [0.3, 0.4) is 0 Å². The van der Waals surface area contributed by atoms with Crippen LogP contribution in [0.15, 0.2) is 22.8 Å². The van der Waals surface area contributed by atoms with E-state index >= 15 is 0 Å². The van der Waals surface area contributed by atoms with Gasteiger partial charge in [-0.05, 0) is 34.1 Å². The quantitative estimate of drug-likeness (QED) is 0.926. The van der Waals surface area contributed by atoms with Gasteiger partial charge in [-0.3, -0.25) is 0 Å². The van der Waals surface area contributed by atoms with Crippen molar-refractivity contribution in [3.8, 4) is 17.0 Å². The molecule has 90 valence electrons. The molecule has 1 aromatic carbocycles. The maximum absolute atomic E-state index is 6.07. The summed E-state index contributed by atoms with van der Waals surface area (Å²) < 4.78 is 7.67. The van der Waals surface area contributed by atoms with Crippen LogP contribution in [0.5, 0.6) is 5.75 Å². The molecule has 1 aromatic heterocycles. The zero-order valence-corrected chi connectivity index (χ0v) is 11.7. The van der Waals surface area contributed by atoms with E-state index in [4.69, 9.17) is 22.1 Å². The molecule has 4 nitrogen and oxygen atoms in total. The Bertz CT molecular complexity index is 568. The third-order valence-corrected chi connectivity index (χ3v) is 3.69. The van der Waals surface area contributed by atoms with Crippen molar-refractivity contribution >= 4 is 33.5 Å². The summed E-state index contributed by atoms with van der Waals surface area (Å²) in [7, 11) is 3.41. The van der Waals surface area contributed by atoms with E-state index in [9.17, 15) is 0 Å². The fourth-order valence-corrected chi connectivity index (χ4v) is 2.25. The van der Waals surface area contributed by atoms with Gasteiger partial charge in [-0.2, -0.15) is 0 Å². The molecule has 0 aliphatic carbocycles. The van der Waals surface area contributed by atoms with Crippen LogP contribution in [0.4, 0.5) is 5.95 Å². The first kappa shape index (κ1) is 12.3. The number of imidazole rings is 1. The minimum Gasteiger partial charge on any atom is -0.495 e. The first-order valence-corrected chi connectivity index (χ1v) is 6.03. The summed E-state index contributed by atoms with van der Waals surface area (Å²) in [4.78, 5) is 4.27. The highest BCUT2D eigenvalue weighted by Crippen LogP contribution is 2.33. The van der Waals surface area contributed by atoms with Crippen LogP contribution >= 0.6 is 27.5 Å². The minimum absolute atomic E-state index is 0.443. The van der Waals surface area contributed by atoms with Crippen molar-refractivity contribution in [1.82, 2.24) is 9.55 Å². The smallest absolute Gasteiger partial charge is 0.201 e. The molecular formula is C11H11BrClN3O. The van der Waals surface area contributed by atoms with Crippen LogP contribution in [0.25, 0.3) is 11.3 Å². The first-order chi connectivity index (χ1) is 8.04. The van der Waals surface area contributed by atoms with Crippen LogP contribution in [0, 0.1) is 0 Å². The Hall–Kier alpha value is -1.20. The summed E-state index contributed by atoms with van der Waals surface area (Å²) in [6, 6.07) is 5.49. The molecule has 0 spiro atoms. The van der Waals surface area contributed by atoms with Gasteiger partial charge < -0.3 is 15.0 Å². The van der Waals surface area contributed by atoms with Crippen molar-refractivity contribution in [2.75, 3.05) is 12.8 Å². The molecule has 0 unspecified atom stereocenters. The van der Waals surface area contributed by atoms with Crippen molar-refractivity contribution in [1.29, 1.82) is 0 Å². The lowest BCUT2D eigenvalue weighted by Gasteiger charge is -2.04. The molecule has 0 bridgehead atoms. The molecule has 0 atom stereocenters. The average molecular weight is 317 g/mol. The van der Waals surface area contributed by atoms with Crippen LogP contribution < -0.4 is 10.5 Å². The summed E-state index contributed by atoms with van der Waals surface area (Å²) >= 11 is 9.52. The summed E-state index contributed by atoms with van der Waals surface area (Å²) in [6.45, 7) is 0. The maximum Gasteiger partial charge on any atom is 0.201 e.